The first-order valence-electron chi connectivity index (χ1n) is 7.80. The van der Waals surface area contributed by atoms with E-state index in [1.807, 2.05) is 18.2 Å². The van der Waals surface area contributed by atoms with Gasteiger partial charge in [-0.2, -0.15) is 0 Å². The predicted octanol–water partition coefficient (Wildman–Crippen LogP) is -1.15. The zero-order valence-electron chi connectivity index (χ0n) is 12.9. The van der Waals surface area contributed by atoms with Crippen LogP contribution in [0.15, 0.2) is 30.3 Å². The molecule has 132 valence electrons. The summed E-state index contributed by atoms with van der Waals surface area (Å²) in [5.41, 5.74) is 0.801. The highest BCUT2D eigenvalue weighted by atomic mass is 16.6. The molecule has 24 heavy (non-hydrogen) atoms. The summed E-state index contributed by atoms with van der Waals surface area (Å²) in [5.74, 6) is 0. The minimum atomic E-state index is -1.29. The Morgan fingerprint density at radius 1 is 1.12 bits per heavy atom. The number of hydrogen-bond acceptors (Lipinski definition) is 7. The number of aliphatic hydroxyl groups excluding tert-OH is 4. The highest BCUT2D eigenvalue weighted by molar-refractivity contribution is 5.69. The van der Waals surface area contributed by atoms with Gasteiger partial charge in [0, 0.05) is 0 Å². The van der Waals surface area contributed by atoms with Gasteiger partial charge in [0.25, 0.3) is 0 Å². The van der Waals surface area contributed by atoms with Gasteiger partial charge in [-0.15, -0.1) is 0 Å². The summed E-state index contributed by atoms with van der Waals surface area (Å²) in [4.78, 5) is 13.5. The fourth-order valence-corrected chi connectivity index (χ4v) is 3.14. The van der Waals surface area contributed by atoms with Crippen molar-refractivity contribution < 1.29 is 34.7 Å². The van der Waals surface area contributed by atoms with Crippen molar-refractivity contribution in [3.8, 4) is 0 Å². The molecule has 1 amide bonds. The molecule has 4 N–H and O–H groups in total. The van der Waals surface area contributed by atoms with Gasteiger partial charge in [-0.05, 0) is 5.56 Å². The summed E-state index contributed by atoms with van der Waals surface area (Å²) in [7, 11) is 0. The molecular weight excluding hydrogens is 318 g/mol. The Morgan fingerprint density at radius 3 is 2.46 bits per heavy atom. The number of nitrogens with zero attached hydrogens (tertiary/aromatic N) is 1. The number of likely N-dealkylation sites (tertiary alicyclic amines) is 1. The van der Waals surface area contributed by atoms with Crippen LogP contribution in [0, 0.1) is 0 Å². The summed E-state index contributed by atoms with van der Waals surface area (Å²) < 4.78 is 10.5. The van der Waals surface area contributed by atoms with Gasteiger partial charge in [0.2, 0.25) is 0 Å². The molecule has 2 aliphatic rings. The second kappa shape index (κ2) is 7.04. The molecule has 0 radical (unpaired) electrons. The summed E-state index contributed by atoms with van der Waals surface area (Å²) in [5, 5.41) is 39.6. The monoisotopic (exact) mass is 339 g/mol. The summed E-state index contributed by atoms with van der Waals surface area (Å²) in [6, 6.07) is 8.10. The Labute approximate surface area is 138 Å². The van der Waals surface area contributed by atoms with Crippen molar-refractivity contribution in [3.05, 3.63) is 35.9 Å². The van der Waals surface area contributed by atoms with Crippen LogP contribution in [-0.2, 0) is 16.1 Å². The highest BCUT2D eigenvalue weighted by Gasteiger charge is 2.52. The quantitative estimate of drug-likeness (QED) is 0.549. The summed E-state index contributed by atoms with van der Waals surface area (Å²) in [6.07, 6.45) is -6.53. The van der Waals surface area contributed by atoms with Crippen molar-refractivity contribution in [2.24, 2.45) is 0 Å². The average molecular weight is 339 g/mol. The number of hydrogen-bond donors (Lipinski definition) is 4. The first-order valence-corrected chi connectivity index (χ1v) is 7.80. The molecule has 2 aliphatic heterocycles. The Kier molecular flexibility index (Phi) is 5.02. The number of amides is 1. The number of carbonyl (C=O) groups is 1. The minimum Gasteiger partial charge on any atom is -0.445 e. The topological polar surface area (TPSA) is 120 Å². The number of aliphatic hydroxyl groups is 4. The Hall–Kier alpha value is -1.71. The molecule has 2 heterocycles. The Morgan fingerprint density at radius 2 is 1.83 bits per heavy atom. The molecule has 0 aliphatic carbocycles. The normalized spacial score (nSPS) is 36.1. The van der Waals surface area contributed by atoms with Crippen LogP contribution >= 0.6 is 0 Å². The van der Waals surface area contributed by atoms with Crippen LogP contribution in [-0.4, -0.2) is 81.1 Å². The average Bonchev–Trinajstić information content (AvgIpc) is 3.06. The van der Waals surface area contributed by atoms with Crippen LogP contribution in [0.2, 0.25) is 0 Å². The van der Waals surface area contributed by atoms with Crippen molar-refractivity contribution in [3.63, 3.8) is 0 Å². The second-order valence-electron chi connectivity index (χ2n) is 6.10. The van der Waals surface area contributed by atoms with Crippen molar-refractivity contribution >= 4 is 6.09 Å². The predicted molar refractivity (Wildman–Crippen MR) is 80.9 cm³/mol. The van der Waals surface area contributed by atoms with E-state index in [-0.39, 0.29) is 19.8 Å². The van der Waals surface area contributed by atoms with E-state index < -0.39 is 42.7 Å². The standard InChI is InChI=1S/C16H21NO7/c18-10-6-17(16(22)24-7-9-4-2-1-3-5-9)12(13(10)20)15-14(21)11(19)8-23-15/h1-5,10-15,18-21H,6-8H2/t10-,11-,12+,13+,14+,15+/m0/s1. The molecule has 0 bridgehead atoms. The molecule has 0 aromatic heterocycles. The van der Waals surface area contributed by atoms with E-state index in [0.29, 0.717) is 0 Å². The molecule has 1 aromatic carbocycles. The third-order valence-electron chi connectivity index (χ3n) is 4.45. The van der Waals surface area contributed by atoms with Gasteiger partial charge in [0.05, 0.1) is 25.3 Å². The first-order chi connectivity index (χ1) is 11.5. The lowest BCUT2D eigenvalue weighted by molar-refractivity contribution is -0.0556. The van der Waals surface area contributed by atoms with Crippen molar-refractivity contribution in [1.29, 1.82) is 0 Å². The highest BCUT2D eigenvalue weighted by Crippen LogP contribution is 2.29. The van der Waals surface area contributed by atoms with Crippen LogP contribution < -0.4 is 0 Å². The molecule has 0 spiro atoms. The maximum absolute atomic E-state index is 12.3. The van der Waals surface area contributed by atoms with E-state index in [0.717, 1.165) is 10.5 Å². The van der Waals surface area contributed by atoms with Gasteiger partial charge >= 0.3 is 6.09 Å². The van der Waals surface area contributed by atoms with E-state index in [1.54, 1.807) is 12.1 Å². The van der Waals surface area contributed by atoms with Gasteiger partial charge in [-0.3, -0.25) is 4.90 Å². The van der Waals surface area contributed by atoms with Gasteiger partial charge < -0.3 is 29.9 Å². The summed E-state index contributed by atoms with van der Waals surface area (Å²) >= 11 is 0. The number of rotatable bonds is 3. The third-order valence-corrected chi connectivity index (χ3v) is 4.45. The van der Waals surface area contributed by atoms with Crippen LogP contribution in [0.25, 0.3) is 0 Å². The fraction of sp³-hybridized carbons (Fsp3) is 0.562. The van der Waals surface area contributed by atoms with Crippen molar-refractivity contribution in [2.75, 3.05) is 13.2 Å². The largest absolute Gasteiger partial charge is 0.445 e. The molecular formula is C16H21NO7. The van der Waals surface area contributed by atoms with Crippen LogP contribution in [0.1, 0.15) is 5.56 Å². The zero-order chi connectivity index (χ0) is 17.3. The summed E-state index contributed by atoms with van der Waals surface area (Å²) in [6.45, 7) is -0.189. The van der Waals surface area contributed by atoms with E-state index in [9.17, 15) is 25.2 Å². The number of benzene rings is 1. The van der Waals surface area contributed by atoms with Gasteiger partial charge in [0.15, 0.2) is 0 Å². The number of β-amino-alcohol motifs (C(OH)–C–C–N with tert-alkyl or cyclic N) is 1. The van der Waals surface area contributed by atoms with E-state index in [1.165, 1.54) is 0 Å². The van der Waals surface area contributed by atoms with E-state index >= 15 is 0 Å². The Balaban J connectivity index is 1.69. The van der Waals surface area contributed by atoms with Crippen molar-refractivity contribution in [2.45, 2.75) is 43.2 Å². The molecule has 6 atom stereocenters. The van der Waals surface area contributed by atoms with Crippen LogP contribution in [0.3, 0.4) is 0 Å². The SMILES string of the molecule is O=C(OCc1ccccc1)N1C[C@H](O)[C@@H](O)[C@@H]1[C@H]1OC[C@H](O)[C@H]1O. The lowest BCUT2D eigenvalue weighted by atomic mass is 9.99. The fourth-order valence-electron chi connectivity index (χ4n) is 3.14. The van der Waals surface area contributed by atoms with Crippen LogP contribution in [0.5, 0.6) is 0 Å². The molecule has 8 heteroatoms. The lowest BCUT2D eigenvalue weighted by Gasteiger charge is -2.31. The van der Waals surface area contributed by atoms with E-state index in [4.69, 9.17) is 9.47 Å². The molecule has 0 saturated carbocycles. The first kappa shape index (κ1) is 17.1. The Bertz CT molecular complexity index is 569. The molecule has 3 rings (SSSR count). The molecule has 2 saturated heterocycles. The van der Waals surface area contributed by atoms with Gasteiger partial charge in [-0.1, -0.05) is 30.3 Å². The minimum absolute atomic E-state index is 0.0474. The molecule has 1 aromatic rings. The van der Waals surface area contributed by atoms with Gasteiger partial charge in [0.1, 0.15) is 31.0 Å². The van der Waals surface area contributed by atoms with Crippen molar-refractivity contribution in [1.82, 2.24) is 4.90 Å². The number of ether oxygens (including phenoxy) is 2. The maximum Gasteiger partial charge on any atom is 0.410 e. The molecule has 8 nitrogen and oxygen atoms in total. The third kappa shape index (κ3) is 3.24. The lowest BCUT2D eigenvalue weighted by Crippen LogP contribution is -2.52. The van der Waals surface area contributed by atoms with Crippen LogP contribution in [0.4, 0.5) is 4.79 Å². The molecule has 0 unspecified atom stereocenters. The molecule has 2 fully saturated rings. The van der Waals surface area contributed by atoms with E-state index in [2.05, 4.69) is 0 Å². The second-order valence-corrected chi connectivity index (χ2v) is 6.10. The smallest absolute Gasteiger partial charge is 0.410 e. The van der Waals surface area contributed by atoms with Gasteiger partial charge in [-0.25, -0.2) is 4.79 Å². The zero-order valence-corrected chi connectivity index (χ0v) is 12.9. The maximum atomic E-state index is 12.3. The number of carbonyl (C=O) groups excluding carboxylic acids is 1.